The summed E-state index contributed by atoms with van der Waals surface area (Å²) in [4.78, 5) is 12.1. The molecular weight excluding hydrogens is 338 g/mol. The lowest BCUT2D eigenvalue weighted by Crippen LogP contribution is -2.31. The first-order valence-corrected chi connectivity index (χ1v) is 7.80. The molecule has 2 aromatic rings. The molecule has 0 aliphatic heterocycles. The third-order valence-corrected chi connectivity index (χ3v) is 4.14. The Balaban J connectivity index is 1.62. The molecule has 7 heteroatoms. The fraction of sp³-hybridized carbons (Fsp3) is 0.235. The Kier molecular flexibility index (Phi) is 4.85. The highest BCUT2D eigenvalue weighted by atomic mass is 35.5. The molecule has 1 aliphatic carbocycles. The normalized spacial score (nSPS) is 15.9. The van der Waals surface area contributed by atoms with Crippen molar-refractivity contribution < 1.29 is 18.3 Å². The van der Waals surface area contributed by atoms with Gasteiger partial charge in [-0.05, 0) is 42.2 Å². The zero-order chi connectivity index (χ0) is 17.1. The Hall–Kier alpha value is -2.34. The molecule has 0 bridgehead atoms. The van der Waals surface area contributed by atoms with Gasteiger partial charge < -0.3 is 15.4 Å². The number of nitrogens with one attached hydrogen (secondary N) is 2. The Bertz CT molecular complexity index is 755. The number of alkyl halides is 2. The molecule has 2 amide bonds. The predicted molar refractivity (Wildman–Crippen MR) is 87.7 cm³/mol. The maximum absolute atomic E-state index is 12.2. The summed E-state index contributed by atoms with van der Waals surface area (Å²) in [6.45, 7) is -2.95. The number of amides is 2. The quantitative estimate of drug-likeness (QED) is 0.834. The van der Waals surface area contributed by atoms with E-state index in [1.54, 1.807) is 0 Å². The van der Waals surface area contributed by atoms with Crippen LogP contribution in [0.1, 0.15) is 23.6 Å². The highest BCUT2D eigenvalue weighted by Crippen LogP contribution is 2.31. The van der Waals surface area contributed by atoms with E-state index in [1.807, 2.05) is 18.2 Å². The van der Waals surface area contributed by atoms with E-state index < -0.39 is 6.61 Å². The van der Waals surface area contributed by atoms with Crippen LogP contribution in [0.3, 0.4) is 0 Å². The van der Waals surface area contributed by atoms with Crippen molar-refractivity contribution in [2.24, 2.45) is 0 Å². The molecule has 0 radical (unpaired) electrons. The number of fused-ring (bicyclic) bond motifs is 1. The van der Waals surface area contributed by atoms with Crippen LogP contribution in [0.4, 0.5) is 19.3 Å². The van der Waals surface area contributed by atoms with Crippen LogP contribution in [0.25, 0.3) is 0 Å². The summed E-state index contributed by atoms with van der Waals surface area (Å²) in [6.07, 6.45) is 1.77. The Morgan fingerprint density at radius 3 is 2.79 bits per heavy atom. The second-order valence-electron chi connectivity index (χ2n) is 5.41. The standard InChI is InChI=1S/C17H15ClF2N2O2/c18-13-9-11(6-8-15(13)24-16(19)20)21-17(23)22-14-7-5-10-3-1-2-4-12(10)14/h1-4,6,8-9,14,16H,5,7H2,(H2,21,22,23). The van der Waals surface area contributed by atoms with Gasteiger partial charge in [0, 0.05) is 5.69 Å². The maximum atomic E-state index is 12.2. The van der Waals surface area contributed by atoms with E-state index in [0.717, 1.165) is 18.4 Å². The van der Waals surface area contributed by atoms with Crippen LogP contribution in [-0.2, 0) is 6.42 Å². The first-order chi connectivity index (χ1) is 11.5. The lowest BCUT2D eigenvalue weighted by atomic mass is 10.1. The molecule has 1 atom stereocenters. The van der Waals surface area contributed by atoms with Crippen molar-refractivity contribution >= 4 is 23.3 Å². The third kappa shape index (κ3) is 3.76. The zero-order valence-corrected chi connectivity index (χ0v) is 13.3. The maximum Gasteiger partial charge on any atom is 0.387 e. The molecular formula is C17H15ClF2N2O2. The monoisotopic (exact) mass is 352 g/mol. The first kappa shape index (κ1) is 16.5. The van der Waals surface area contributed by atoms with Gasteiger partial charge in [-0.15, -0.1) is 0 Å². The van der Waals surface area contributed by atoms with Crippen molar-refractivity contribution in [3.63, 3.8) is 0 Å². The van der Waals surface area contributed by atoms with Gasteiger partial charge in [0.25, 0.3) is 0 Å². The molecule has 2 aromatic carbocycles. The van der Waals surface area contributed by atoms with Gasteiger partial charge in [0.05, 0.1) is 11.1 Å². The summed E-state index contributed by atoms with van der Waals surface area (Å²) in [5, 5.41) is 5.55. The fourth-order valence-electron chi connectivity index (χ4n) is 2.80. The lowest BCUT2D eigenvalue weighted by Gasteiger charge is -2.15. The van der Waals surface area contributed by atoms with E-state index in [4.69, 9.17) is 11.6 Å². The van der Waals surface area contributed by atoms with Gasteiger partial charge in [-0.1, -0.05) is 35.9 Å². The molecule has 0 spiro atoms. The summed E-state index contributed by atoms with van der Waals surface area (Å²) in [5.74, 6) is -0.137. The number of benzene rings is 2. The number of urea groups is 1. The minimum Gasteiger partial charge on any atom is -0.433 e. The van der Waals surface area contributed by atoms with Crippen LogP contribution >= 0.6 is 11.6 Å². The van der Waals surface area contributed by atoms with Crippen molar-refractivity contribution in [2.45, 2.75) is 25.5 Å². The highest BCUT2D eigenvalue weighted by Gasteiger charge is 2.23. The van der Waals surface area contributed by atoms with Gasteiger partial charge >= 0.3 is 12.6 Å². The van der Waals surface area contributed by atoms with Crippen LogP contribution in [0, 0.1) is 0 Å². The van der Waals surface area contributed by atoms with E-state index in [-0.39, 0.29) is 22.8 Å². The number of hydrogen-bond acceptors (Lipinski definition) is 2. The number of carbonyl (C=O) groups excluding carboxylic acids is 1. The summed E-state index contributed by atoms with van der Waals surface area (Å²) < 4.78 is 28.7. The number of carbonyl (C=O) groups is 1. The molecule has 4 nitrogen and oxygen atoms in total. The molecule has 1 unspecified atom stereocenters. The van der Waals surface area contributed by atoms with Crippen molar-refractivity contribution in [2.75, 3.05) is 5.32 Å². The van der Waals surface area contributed by atoms with E-state index in [1.165, 1.54) is 23.8 Å². The van der Waals surface area contributed by atoms with Gasteiger partial charge in [0.1, 0.15) is 5.75 Å². The number of hydrogen-bond donors (Lipinski definition) is 2. The molecule has 0 saturated carbocycles. The van der Waals surface area contributed by atoms with Crippen molar-refractivity contribution in [1.29, 1.82) is 0 Å². The van der Waals surface area contributed by atoms with E-state index in [9.17, 15) is 13.6 Å². The summed E-state index contributed by atoms with van der Waals surface area (Å²) in [7, 11) is 0. The first-order valence-electron chi connectivity index (χ1n) is 7.42. The van der Waals surface area contributed by atoms with Crippen molar-refractivity contribution in [1.82, 2.24) is 5.32 Å². The lowest BCUT2D eigenvalue weighted by molar-refractivity contribution is -0.0497. The summed E-state index contributed by atoms with van der Waals surface area (Å²) >= 11 is 5.86. The average molecular weight is 353 g/mol. The molecule has 0 fully saturated rings. The Labute approximate surface area is 142 Å². The largest absolute Gasteiger partial charge is 0.433 e. The average Bonchev–Trinajstić information content (AvgIpc) is 2.93. The molecule has 0 heterocycles. The highest BCUT2D eigenvalue weighted by molar-refractivity contribution is 6.32. The predicted octanol–water partition coefficient (Wildman–Crippen LogP) is 4.75. The number of halogens is 3. The fourth-order valence-corrected chi connectivity index (χ4v) is 3.03. The number of rotatable bonds is 4. The molecule has 3 rings (SSSR count). The van der Waals surface area contributed by atoms with Crippen LogP contribution in [0.2, 0.25) is 5.02 Å². The smallest absolute Gasteiger partial charge is 0.387 e. The SMILES string of the molecule is O=C(Nc1ccc(OC(F)F)c(Cl)c1)NC1CCc2ccccc21. The van der Waals surface area contributed by atoms with Gasteiger partial charge in [-0.25, -0.2) is 4.79 Å². The minimum atomic E-state index is -2.95. The van der Waals surface area contributed by atoms with Crippen LogP contribution < -0.4 is 15.4 Å². The number of ether oxygens (including phenoxy) is 1. The Morgan fingerprint density at radius 1 is 1.25 bits per heavy atom. The van der Waals surface area contributed by atoms with Crippen molar-refractivity contribution in [3.8, 4) is 5.75 Å². The number of anilines is 1. The molecule has 2 N–H and O–H groups in total. The topological polar surface area (TPSA) is 50.4 Å². The van der Waals surface area contributed by atoms with Gasteiger partial charge in [-0.3, -0.25) is 0 Å². The molecule has 0 saturated heterocycles. The van der Waals surface area contributed by atoms with Crippen molar-refractivity contribution in [3.05, 3.63) is 58.6 Å². The second kappa shape index (κ2) is 7.05. The van der Waals surface area contributed by atoms with E-state index in [2.05, 4.69) is 21.4 Å². The second-order valence-corrected chi connectivity index (χ2v) is 5.82. The van der Waals surface area contributed by atoms with Crippen LogP contribution in [-0.4, -0.2) is 12.6 Å². The van der Waals surface area contributed by atoms with Gasteiger partial charge in [0.15, 0.2) is 0 Å². The van der Waals surface area contributed by atoms with Gasteiger partial charge in [-0.2, -0.15) is 8.78 Å². The molecule has 126 valence electrons. The molecule has 24 heavy (non-hydrogen) atoms. The number of aryl methyl sites for hydroxylation is 1. The summed E-state index contributed by atoms with van der Waals surface area (Å²) in [6, 6.07) is 11.7. The summed E-state index contributed by atoms with van der Waals surface area (Å²) in [5.41, 5.74) is 2.75. The van der Waals surface area contributed by atoms with Crippen LogP contribution in [0.15, 0.2) is 42.5 Å². The zero-order valence-electron chi connectivity index (χ0n) is 12.6. The molecule has 1 aliphatic rings. The Morgan fingerprint density at radius 2 is 2.04 bits per heavy atom. The van der Waals surface area contributed by atoms with Crippen LogP contribution in [0.5, 0.6) is 5.75 Å². The van der Waals surface area contributed by atoms with E-state index >= 15 is 0 Å². The van der Waals surface area contributed by atoms with E-state index in [0.29, 0.717) is 5.69 Å². The molecule has 0 aromatic heterocycles. The third-order valence-electron chi connectivity index (χ3n) is 3.84. The minimum absolute atomic E-state index is 0.000637. The van der Waals surface area contributed by atoms with Gasteiger partial charge in [0.2, 0.25) is 0 Å².